The van der Waals surface area contributed by atoms with Crippen molar-refractivity contribution < 1.29 is 9.32 Å². The Labute approximate surface area is 152 Å². The zero-order valence-corrected chi connectivity index (χ0v) is 14.9. The molecule has 1 aromatic heterocycles. The molecule has 0 radical (unpaired) electrons. The average Bonchev–Trinajstić information content (AvgIpc) is 3.34. The number of amides is 1. The van der Waals surface area contributed by atoms with Gasteiger partial charge in [-0.05, 0) is 49.9 Å². The zero-order chi connectivity index (χ0) is 17.2. The summed E-state index contributed by atoms with van der Waals surface area (Å²) in [6.07, 6.45) is 6.30. The first-order valence-corrected chi connectivity index (χ1v) is 9.47. The molecule has 4 rings (SSSR count). The number of halogens is 1. The maximum atomic E-state index is 12.5. The van der Waals surface area contributed by atoms with E-state index in [1.165, 1.54) is 12.8 Å². The Morgan fingerprint density at radius 3 is 2.44 bits per heavy atom. The minimum Gasteiger partial charge on any atom is -0.342 e. The van der Waals surface area contributed by atoms with E-state index in [1.54, 1.807) is 0 Å². The quantitative estimate of drug-likeness (QED) is 0.820. The number of aromatic nitrogens is 2. The summed E-state index contributed by atoms with van der Waals surface area (Å²) < 4.78 is 5.49. The molecule has 0 unspecified atom stereocenters. The third-order valence-electron chi connectivity index (χ3n) is 5.40. The largest absolute Gasteiger partial charge is 0.342 e. The summed E-state index contributed by atoms with van der Waals surface area (Å²) in [4.78, 5) is 19.1. The fraction of sp³-hybridized carbons (Fsp3) is 0.526. The Bertz CT molecular complexity index is 729. The highest BCUT2D eigenvalue weighted by Gasteiger charge is 2.32. The molecular formula is C19H22ClN3O2. The lowest BCUT2D eigenvalue weighted by atomic mass is 9.95. The van der Waals surface area contributed by atoms with Crippen molar-refractivity contribution in [3.8, 4) is 11.4 Å². The lowest BCUT2D eigenvalue weighted by Gasteiger charge is -2.32. The van der Waals surface area contributed by atoms with Crippen LogP contribution < -0.4 is 0 Å². The van der Waals surface area contributed by atoms with Gasteiger partial charge in [-0.1, -0.05) is 29.6 Å². The van der Waals surface area contributed by atoms with Crippen LogP contribution >= 0.6 is 11.6 Å². The first-order valence-electron chi connectivity index (χ1n) is 9.09. The molecule has 1 saturated carbocycles. The Hall–Kier alpha value is -1.88. The fourth-order valence-electron chi connectivity index (χ4n) is 3.90. The second kappa shape index (κ2) is 7.16. The summed E-state index contributed by atoms with van der Waals surface area (Å²) in [6.45, 7) is 1.58. The van der Waals surface area contributed by atoms with Crippen molar-refractivity contribution in [3.05, 3.63) is 35.2 Å². The van der Waals surface area contributed by atoms with Gasteiger partial charge in [-0.15, -0.1) is 0 Å². The van der Waals surface area contributed by atoms with Crippen LogP contribution in [0.15, 0.2) is 28.8 Å². The van der Waals surface area contributed by atoms with E-state index in [0.29, 0.717) is 22.6 Å². The number of piperidine rings is 1. The normalized spacial score (nSPS) is 19.5. The van der Waals surface area contributed by atoms with Crippen LogP contribution in [-0.4, -0.2) is 34.0 Å². The highest BCUT2D eigenvalue weighted by Crippen LogP contribution is 2.32. The number of rotatable bonds is 3. The van der Waals surface area contributed by atoms with Crippen LogP contribution in [0, 0.1) is 5.92 Å². The van der Waals surface area contributed by atoms with Gasteiger partial charge in [-0.3, -0.25) is 4.79 Å². The van der Waals surface area contributed by atoms with Crippen LogP contribution in [0.25, 0.3) is 11.4 Å². The molecular weight excluding hydrogens is 338 g/mol. The number of benzene rings is 1. The molecule has 2 heterocycles. The standard InChI is InChI=1S/C19H22ClN3O2/c20-16-7-5-13(6-8-16)17-21-18(25-22-17)14-9-11-23(12-10-14)19(24)15-3-1-2-4-15/h5-8,14-15H,1-4,9-12H2. The van der Waals surface area contributed by atoms with E-state index in [-0.39, 0.29) is 11.8 Å². The van der Waals surface area contributed by atoms with Gasteiger partial charge in [-0.2, -0.15) is 4.98 Å². The summed E-state index contributed by atoms with van der Waals surface area (Å²) >= 11 is 5.92. The van der Waals surface area contributed by atoms with Gasteiger partial charge in [0.15, 0.2) is 0 Å². The van der Waals surface area contributed by atoms with Crippen LogP contribution in [0.1, 0.15) is 50.3 Å². The predicted octanol–water partition coefficient (Wildman–Crippen LogP) is 4.29. The third-order valence-corrected chi connectivity index (χ3v) is 5.66. The lowest BCUT2D eigenvalue weighted by molar-refractivity contribution is -0.136. The van der Waals surface area contributed by atoms with Crippen LogP contribution in [-0.2, 0) is 4.79 Å². The Morgan fingerprint density at radius 2 is 1.76 bits per heavy atom. The van der Waals surface area contributed by atoms with Crippen molar-refractivity contribution in [3.63, 3.8) is 0 Å². The molecule has 2 aliphatic rings. The molecule has 1 aliphatic carbocycles. The van der Waals surface area contributed by atoms with Gasteiger partial charge in [0.1, 0.15) is 0 Å². The van der Waals surface area contributed by atoms with E-state index in [1.807, 2.05) is 29.2 Å². The monoisotopic (exact) mass is 359 g/mol. The molecule has 2 fully saturated rings. The van der Waals surface area contributed by atoms with Crippen molar-refractivity contribution in [2.45, 2.75) is 44.4 Å². The maximum Gasteiger partial charge on any atom is 0.230 e. The first-order chi connectivity index (χ1) is 12.2. The van der Waals surface area contributed by atoms with Crippen LogP contribution in [0.4, 0.5) is 0 Å². The third kappa shape index (κ3) is 3.56. The average molecular weight is 360 g/mol. The number of nitrogens with zero attached hydrogens (tertiary/aromatic N) is 3. The van der Waals surface area contributed by atoms with Gasteiger partial charge in [0.05, 0.1) is 0 Å². The topological polar surface area (TPSA) is 59.2 Å². The van der Waals surface area contributed by atoms with Crippen molar-refractivity contribution in [1.29, 1.82) is 0 Å². The number of hydrogen-bond donors (Lipinski definition) is 0. The fourth-order valence-corrected chi connectivity index (χ4v) is 4.02. The summed E-state index contributed by atoms with van der Waals surface area (Å²) in [7, 11) is 0. The molecule has 0 bridgehead atoms. The van der Waals surface area contributed by atoms with Crippen molar-refractivity contribution in [2.24, 2.45) is 5.92 Å². The minimum absolute atomic E-state index is 0.237. The maximum absolute atomic E-state index is 12.5. The smallest absolute Gasteiger partial charge is 0.230 e. The van der Waals surface area contributed by atoms with Crippen LogP contribution in [0.5, 0.6) is 0 Å². The van der Waals surface area contributed by atoms with Crippen molar-refractivity contribution in [2.75, 3.05) is 13.1 Å². The predicted molar refractivity (Wildman–Crippen MR) is 95.3 cm³/mol. The molecule has 1 aliphatic heterocycles. The van der Waals surface area contributed by atoms with E-state index in [0.717, 1.165) is 44.3 Å². The van der Waals surface area contributed by atoms with Gasteiger partial charge >= 0.3 is 0 Å². The first kappa shape index (κ1) is 16.6. The summed E-state index contributed by atoms with van der Waals surface area (Å²) in [5, 5.41) is 4.79. The molecule has 2 aromatic rings. The van der Waals surface area contributed by atoms with Gasteiger partial charge in [0.2, 0.25) is 17.6 Å². The SMILES string of the molecule is O=C(C1CCCC1)N1CCC(c2nc(-c3ccc(Cl)cc3)no2)CC1. The number of likely N-dealkylation sites (tertiary alicyclic amines) is 1. The Balaban J connectivity index is 1.38. The Kier molecular flexibility index (Phi) is 4.75. The van der Waals surface area contributed by atoms with Gasteiger partial charge in [0, 0.05) is 35.5 Å². The van der Waals surface area contributed by atoms with E-state index in [2.05, 4.69) is 10.1 Å². The summed E-state index contributed by atoms with van der Waals surface area (Å²) in [5.74, 6) is 2.12. The molecule has 25 heavy (non-hydrogen) atoms. The molecule has 132 valence electrons. The zero-order valence-electron chi connectivity index (χ0n) is 14.2. The molecule has 1 aromatic carbocycles. The second-order valence-electron chi connectivity index (χ2n) is 7.04. The minimum atomic E-state index is 0.237. The molecule has 5 nitrogen and oxygen atoms in total. The van der Waals surface area contributed by atoms with Crippen LogP contribution in [0.2, 0.25) is 5.02 Å². The van der Waals surface area contributed by atoms with Crippen molar-refractivity contribution in [1.82, 2.24) is 15.0 Å². The van der Waals surface area contributed by atoms with E-state index < -0.39 is 0 Å². The number of carbonyl (C=O) groups is 1. The number of hydrogen-bond acceptors (Lipinski definition) is 4. The second-order valence-corrected chi connectivity index (χ2v) is 7.48. The molecule has 0 spiro atoms. The van der Waals surface area contributed by atoms with Gasteiger partial charge < -0.3 is 9.42 Å². The molecule has 0 N–H and O–H groups in total. The van der Waals surface area contributed by atoms with E-state index >= 15 is 0 Å². The molecule has 6 heteroatoms. The highest BCUT2D eigenvalue weighted by molar-refractivity contribution is 6.30. The molecule has 1 saturated heterocycles. The van der Waals surface area contributed by atoms with E-state index in [4.69, 9.17) is 16.1 Å². The number of carbonyl (C=O) groups excluding carboxylic acids is 1. The Morgan fingerprint density at radius 1 is 1.08 bits per heavy atom. The lowest BCUT2D eigenvalue weighted by Crippen LogP contribution is -2.40. The highest BCUT2D eigenvalue weighted by atomic mass is 35.5. The molecule has 0 atom stereocenters. The summed E-state index contributed by atoms with van der Waals surface area (Å²) in [5.41, 5.74) is 0.897. The van der Waals surface area contributed by atoms with Gasteiger partial charge in [0.25, 0.3) is 0 Å². The molecule has 1 amide bonds. The van der Waals surface area contributed by atoms with Crippen molar-refractivity contribution >= 4 is 17.5 Å². The van der Waals surface area contributed by atoms with Gasteiger partial charge in [-0.25, -0.2) is 0 Å². The van der Waals surface area contributed by atoms with E-state index in [9.17, 15) is 4.79 Å². The van der Waals surface area contributed by atoms with Crippen LogP contribution in [0.3, 0.4) is 0 Å². The summed E-state index contributed by atoms with van der Waals surface area (Å²) in [6, 6.07) is 7.42.